The number of nitrogens with zero attached hydrogens (tertiary/aromatic N) is 2. The topological polar surface area (TPSA) is 38.0 Å². The van der Waals surface area contributed by atoms with E-state index in [1.165, 1.54) is 13.0 Å². The summed E-state index contributed by atoms with van der Waals surface area (Å²) in [5.74, 6) is -0.416. The van der Waals surface area contributed by atoms with Crippen LogP contribution in [0.25, 0.3) is 5.69 Å². The van der Waals surface area contributed by atoms with Gasteiger partial charge in [-0.25, -0.2) is 9.07 Å². The highest BCUT2D eigenvalue weighted by Crippen LogP contribution is 2.24. The van der Waals surface area contributed by atoms with Crippen LogP contribution in [-0.4, -0.2) is 14.9 Å². The fraction of sp³-hybridized carbons (Fsp3) is 0.250. The Balaban J connectivity index is 2.60. The van der Waals surface area contributed by atoms with Crippen LogP contribution in [0, 0.1) is 12.7 Å². The number of halogens is 1. The van der Waals surface area contributed by atoms with E-state index in [0.29, 0.717) is 5.69 Å². The van der Waals surface area contributed by atoms with Gasteiger partial charge in [0.05, 0.1) is 17.5 Å². The zero-order valence-electron chi connectivity index (χ0n) is 9.18. The molecule has 0 bridgehead atoms. The zero-order valence-corrected chi connectivity index (χ0v) is 9.18. The van der Waals surface area contributed by atoms with Gasteiger partial charge in [-0.2, -0.15) is 5.10 Å². The van der Waals surface area contributed by atoms with E-state index in [4.69, 9.17) is 0 Å². The van der Waals surface area contributed by atoms with Crippen LogP contribution in [0.3, 0.4) is 0 Å². The molecule has 0 saturated carbocycles. The average molecular weight is 220 g/mol. The second-order valence-electron chi connectivity index (χ2n) is 3.75. The van der Waals surface area contributed by atoms with E-state index in [2.05, 4.69) is 5.10 Å². The third-order valence-corrected chi connectivity index (χ3v) is 2.42. The highest BCUT2D eigenvalue weighted by atomic mass is 19.1. The number of benzene rings is 1. The minimum atomic E-state index is -0.860. The lowest BCUT2D eigenvalue weighted by molar-refractivity contribution is 0.194. The van der Waals surface area contributed by atoms with Crippen molar-refractivity contribution in [1.82, 2.24) is 9.78 Å². The molecule has 0 fully saturated rings. The molecule has 1 N–H and O–H groups in total. The van der Waals surface area contributed by atoms with E-state index >= 15 is 0 Å². The number of rotatable bonds is 2. The van der Waals surface area contributed by atoms with E-state index in [1.807, 2.05) is 13.0 Å². The first-order chi connectivity index (χ1) is 7.59. The summed E-state index contributed by atoms with van der Waals surface area (Å²) in [7, 11) is 0. The summed E-state index contributed by atoms with van der Waals surface area (Å²) < 4.78 is 15.2. The molecule has 2 aromatic rings. The number of aromatic nitrogens is 2. The Morgan fingerprint density at radius 1 is 1.38 bits per heavy atom. The lowest BCUT2D eigenvalue weighted by atomic mass is 10.1. The maximum atomic E-state index is 13.6. The third kappa shape index (κ3) is 1.84. The molecule has 84 valence electrons. The van der Waals surface area contributed by atoms with Crippen LogP contribution >= 0.6 is 0 Å². The predicted octanol–water partition coefficient (Wildman–Crippen LogP) is 2.37. The molecule has 0 aliphatic heterocycles. The number of aliphatic hydroxyl groups is 1. The van der Waals surface area contributed by atoms with Gasteiger partial charge in [0, 0.05) is 11.8 Å². The number of aryl methyl sites for hydroxylation is 1. The predicted molar refractivity (Wildman–Crippen MR) is 58.9 cm³/mol. The van der Waals surface area contributed by atoms with Crippen LogP contribution in [0.4, 0.5) is 4.39 Å². The first-order valence-corrected chi connectivity index (χ1v) is 5.08. The van der Waals surface area contributed by atoms with Crippen molar-refractivity contribution in [2.75, 3.05) is 0 Å². The van der Waals surface area contributed by atoms with Gasteiger partial charge >= 0.3 is 0 Å². The Labute approximate surface area is 93.2 Å². The average Bonchev–Trinajstić information content (AvgIpc) is 2.63. The normalized spacial score (nSPS) is 12.8. The molecule has 2 rings (SSSR count). The van der Waals surface area contributed by atoms with E-state index in [1.54, 1.807) is 23.0 Å². The summed E-state index contributed by atoms with van der Waals surface area (Å²) in [5, 5.41) is 13.8. The Bertz CT molecular complexity index is 505. The minimum absolute atomic E-state index is 0.269. The lowest BCUT2D eigenvalue weighted by Gasteiger charge is -2.12. The van der Waals surface area contributed by atoms with Crippen LogP contribution < -0.4 is 0 Å². The maximum Gasteiger partial charge on any atom is 0.131 e. The molecule has 0 unspecified atom stereocenters. The summed E-state index contributed by atoms with van der Waals surface area (Å²) in [4.78, 5) is 0. The molecule has 0 aliphatic carbocycles. The standard InChI is InChI=1S/C12H13FN2O/c1-8-6-7-15(14-8)11-5-3-4-10(13)12(11)9(2)16/h3-7,9,16H,1-2H3/t9-/m1/s1. The fourth-order valence-electron chi connectivity index (χ4n) is 1.69. The number of hydrogen-bond donors (Lipinski definition) is 1. The van der Waals surface area contributed by atoms with Crippen molar-refractivity contribution < 1.29 is 9.50 Å². The minimum Gasteiger partial charge on any atom is -0.389 e. The van der Waals surface area contributed by atoms with Crippen LogP contribution in [0.15, 0.2) is 30.5 Å². The Morgan fingerprint density at radius 2 is 2.12 bits per heavy atom. The van der Waals surface area contributed by atoms with Gasteiger partial charge in [-0.1, -0.05) is 6.07 Å². The second kappa shape index (κ2) is 4.06. The van der Waals surface area contributed by atoms with E-state index in [9.17, 15) is 9.50 Å². The van der Waals surface area contributed by atoms with Crippen LogP contribution in [0.5, 0.6) is 0 Å². The molecule has 1 aromatic carbocycles. The van der Waals surface area contributed by atoms with Gasteiger partial charge in [-0.15, -0.1) is 0 Å². The van der Waals surface area contributed by atoms with Crippen molar-refractivity contribution in [2.45, 2.75) is 20.0 Å². The largest absolute Gasteiger partial charge is 0.389 e. The molecular weight excluding hydrogens is 207 g/mol. The molecule has 1 heterocycles. The summed E-state index contributed by atoms with van der Waals surface area (Å²) >= 11 is 0. The highest BCUT2D eigenvalue weighted by molar-refractivity contribution is 5.42. The molecule has 0 amide bonds. The first-order valence-electron chi connectivity index (χ1n) is 5.08. The Morgan fingerprint density at radius 3 is 2.69 bits per heavy atom. The van der Waals surface area contributed by atoms with Gasteiger partial charge < -0.3 is 5.11 Å². The van der Waals surface area contributed by atoms with Gasteiger partial charge in [-0.05, 0) is 32.0 Å². The molecule has 0 spiro atoms. The molecule has 1 atom stereocenters. The third-order valence-electron chi connectivity index (χ3n) is 2.42. The summed E-state index contributed by atoms with van der Waals surface area (Å²) in [5.41, 5.74) is 1.69. The fourth-order valence-corrected chi connectivity index (χ4v) is 1.69. The molecule has 1 aromatic heterocycles. The monoisotopic (exact) mass is 220 g/mol. The summed E-state index contributed by atoms with van der Waals surface area (Å²) in [6, 6.07) is 6.50. The van der Waals surface area contributed by atoms with Gasteiger partial charge in [0.2, 0.25) is 0 Å². The van der Waals surface area contributed by atoms with Crippen molar-refractivity contribution in [2.24, 2.45) is 0 Å². The Kier molecular flexibility index (Phi) is 2.75. The van der Waals surface area contributed by atoms with Crippen molar-refractivity contribution in [3.8, 4) is 5.69 Å². The number of aliphatic hydroxyl groups excluding tert-OH is 1. The summed E-state index contributed by atoms with van der Waals surface area (Å²) in [6.07, 6.45) is 0.886. The van der Waals surface area contributed by atoms with Crippen LogP contribution in [0.1, 0.15) is 24.3 Å². The highest BCUT2D eigenvalue weighted by Gasteiger charge is 2.14. The molecule has 0 radical (unpaired) electrons. The maximum absolute atomic E-state index is 13.6. The smallest absolute Gasteiger partial charge is 0.131 e. The molecule has 16 heavy (non-hydrogen) atoms. The molecule has 3 nitrogen and oxygen atoms in total. The van der Waals surface area contributed by atoms with Crippen molar-refractivity contribution >= 4 is 0 Å². The van der Waals surface area contributed by atoms with Gasteiger partial charge in [-0.3, -0.25) is 0 Å². The molecule has 4 heteroatoms. The quantitative estimate of drug-likeness (QED) is 0.843. The lowest BCUT2D eigenvalue weighted by Crippen LogP contribution is -2.05. The van der Waals surface area contributed by atoms with Gasteiger partial charge in [0.25, 0.3) is 0 Å². The van der Waals surface area contributed by atoms with Crippen molar-refractivity contribution in [3.63, 3.8) is 0 Å². The summed E-state index contributed by atoms with van der Waals surface area (Å²) in [6.45, 7) is 3.40. The van der Waals surface area contributed by atoms with E-state index in [-0.39, 0.29) is 5.56 Å². The van der Waals surface area contributed by atoms with Crippen molar-refractivity contribution in [1.29, 1.82) is 0 Å². The molecule has 0 saturated heterocycles. The second-order valence-corrected chi connectivity index (χ2v) is 3.75. The molecular formula is C12H13FN2O. The first kappa shape index (κ1) is 10.8. The Hall–Kier alpha value is -1.68. The van der Waals surface area contributed by atoms with Gasteiger partial charge in [0.15, 0.2) is 0 Å². The number of hydrogen-bond acceptors (Lipinski definition) is 2. The van der Waals surface area contributed by atoms with E-state index < -0.39 is 11.9 Å². The van der Waals surface area contributed by atoms with E-state index in [0.717, 1.165) is 5.69 Å². The van der Waals surface area contributed by atoms with Gasteiger partial charge in [0.1, 0.15) is 5.82 Å². The van der Waals surface area contributed by atoms with Crippen LogP contribution in [0.2, 0.25) is 0 Å². The SMILES string of the molecule is Cc1ccn(-c2cccc(F)c2[C@@H](C)O)n1. The zero-order chi connectivity index (χ0) is 11.7. The van der Waals surface area contributed by atoms with Crippen LogP contribution in [-0.2, 0) is 0 Å². The van der Waals surface area contributed by atoms with Crippen molar-refractivity contribution in [3.05, 3.63) is 47.5 Å². The molecule has 0 aliphatic rings.